The molecule has 0 radical (unpaired) electrons. The molecular formula is C13H27NO2. The van der Waals surface area contributed by atoms with E-state index in [2.05, 4.69) is 27.7 Å². The summed E-state index contributed by atoms with van der Waals surface area (Å²) in [6.07, 6.45) is 1.95. The second-order valence-electron chi connectivity index (χ2n) is 5.92. The molecule has 0 aliphatic heterocycles. The number of carboxylic acid groups (broad SMARTS) is 1. The zero-order chi connectivity index (χ0) is 12.9. The Bertz CT molecular complexity index is 212. The molecule has 0 aliphatic carbocycles. The molecule has 0 aromatic heterocycles. The Morgan fingerprint density at radius 1 is 1.12 bits per heavy atom. The topological polar surface area (TPSA) is 63.3 Å². The highest BCUT2D eigenvalue weighted by molar-refractivity contribution is 5.67. The smallest absolute Gasteiger partial charge is 0.303 e. The fraction of sp³-hybridized carbons (Fsp3) is 0.923. The molecule has 0 aromatic carbocycles. The molecular weight excluding hydrogens is 202 g/mol. The molecule has 1 unspecified atom stereocenters. The number of aliphatic carboxylic acids is 1. The van der Waals surface area contributed by atoms with Crippen molar-refractivity contribution in [2.45, 2.75) is 59.9 Å². The average molecular weight is 229 g/mol. The van der Waals surface area contributed by atoms with Crippen molar-refractivity contribution in [1.29, 1.82) is 0 Å². The summed E-state index contributed by atoms with van der Waals surface area (Å²) in [5, 5.41) is 9.07. The highest BCUT2D eigenvalue weighted by Gasteiger charge is 2.37. The van der Waals surface area contributed by atoms with Gasteiger partial charge in [0.1, 0.15) is 0 Å². The average Bonchev–Trinajstić information content (AvgIpc) is 1.98. The zero-order valence-corrected chi connectivity index (χ0v) is 11.3. The first kappa shape index (κ1) is 15.4. The summed E-state index contributed by atoms with van der Waals surface area (Å²) < 4.78 is 0. The molecule has 0 aliphatic rings. The molecule has 3 N–H and O–H groups in total. The summed E-state index contributed by atoms with van der Waals surface area (Å²) in [7, 11) is 0. The van der Waals surface area contributed by atoms with Gasteiger partial charge in [0.15, 0.2) is 0 Å². The van der Waals surface area contributed by atoms with Gasteiger partial charge >= 0.3 is 5.97 Å². The van der Waals surface area contributed by atoms with Crippen molar-refractivity contribution in [2.24, 2.45) is 23.0 Å². The van der Waals surface area contributed by atoms with Crippen LogP contribution in [0.2, 0.25) is 0 Å². The minimum absolute atomic E-state index is 0.0756. The third-order valence-electron chi connectivity index (χ3n) is 3.10. The summed E-state index contributed by atoms with van der Waals surface area (Å²) in [4.78, 5) is 11.0. The Morgan fingerprint density at radius 3 is 1.69 bits per heavy atom. The third kappa shape index (κ3) is 4.97. The van der Waals surface area contributed by atoms with Crippen molar-refractivity contribution in [3.63, 3.8) is 0 Å². The molecule has 96 valence electrons. The van der Waals surface area contributed by atoms with Crippen molar-refractivity contribution in [3.05, 3.63) is 0 Å². The van der Waals surface area contributed by atoms with Crippen molar-refractivity contribution in [3.8, 4) is 0 Å². The van der Waals surface area contributed by atoms with Crippen LogP contribution in [-0.2, 0) is 4.79 Å². The summed E-state index contributed by atoms with van der Waals surface area (Å²) in [5.74, 6) is 0.215. The lowest BCUT2D eigenvalue weighted by atomic mass is 9.68. The third-order valence-corrected chi connectivity index (χ3v) is 3.10. The van der Waals surface area contributed by atoms with Crippen molar-refractivity contribution in [2.75, 3.05) is 0 Å². The van der Waals surface area contributed by atoms with Gasteiger partial charge in [0.25, 0.3) is 0 Å². The zero-order valence-electron chi connectivity index (χ0n) is 11.3. The molecule has 0 rings (SSSR count). The monoisotopic (exact) mass is 229 g/mol. The van der Waals surface area contributed by atoms with Crippen LogP contribution in [0.5, 0.6) is 0 Å². The van der Waals surface area contributed by atoms with Crippen molar-refractivity contribution in [1.82, 2.24) is 0 Å². The first-order valence-electron chi connectivity index (χ1n) is 6.17. The van der Waals surface area contributed by atoms with Crippen molar-refractivity contribution >= 4 is 5.97 Å². The van der Waals surface area contributed by atoms with E-state index < -0.39 is 5.97 Å². The predicted octanol–water partition coefficient (Wildman–Crippen LogP) is 2.89. The maximum absolute atomic E-state index is 11.0. The van der Waals surface area contributed by atoms with Crippen LogP contribution < -0.4 is 5.73 Å². The molecule has 0 aromatic rings. The SMILES string of the molecule is CC(C)CC(CC(=O)O)(CC(C)C)C(C)N. The highest BCUT2D eigenvalue weighted by Crippen LogP contribution is 2.39. The number of nitrogens with two attached hydrogens (primary N) is 1. The van der Waals surface area contributed by atoms with E-state index >= 15 is 0 Å². The number of rotatable bonds is 7. The van der Waals surface area contributed by atoms with Gasteiger partial charge in [0.2, 0.25) is 0 Å². The molecule has 0 saturated heterocycles. The van der Waals surface area contributed by atoms with Gasteiger partial charge in [-0.25, -0.2) is 0 Å². The largest absolute Gasteiger partial charge is 0.481 e. The molecule has 0 spiro atoms. The second kappa shape index (κ2) is 6.24. The standard InChI is InChI=1S/C13H27NO2/c1-9(2)6-13(11(5)14,7-10(3)4)8-12(15)16/h9-11H,6-8,14H2,1-5H3,(H,15,16). The van der Waals surface area contributed by atoms with Crippen LogP contribution in [0.25, 0.3) is 0 Å². The fourth-order valence-corrected chi connectivity index (χ4v) is 2.69. The molecule has 16 heavy (non-hydrogen) atoms. The molecule has 1 atom stereocenters. The number of carboxylic acids is 1. The van der Waals surface area contributed by atoms with E-state index in [0.717, 1.165) is 12.8 Å². The van der Waals surface area contributed by atoms with Gasteiger partial charge < -0.3 is 10.8 Å². The van der Waals surface area contributed by atoms with Crippen LogP contribution in [0.15, 0.2) is 0 Å². The van der Waals surface area contributed by atoms with E-state index in [0.29, 0.717) is 11.8 Å². The lowest BCUT2D eigenvalue weighted by Crippen LogP contribution is -2.43. The minimum Gasteiger partial charge on any atom is -0.481 e. The van der Waals surface area contributed by atoms with Gasteiger partial charge in [-0.05, 0) is 37.0 Å². The molecule has 3 heteroatoms. The van der Waals surface area contributed by atoms with Crippen molar-refractivity contribution < 1.29 is 9.90 Å². The van der Waals surface area contributed by atoms with Gasteiger partial charge in [-0.1, -0.05) is 27.7 Å². The quantitative estimate of drug-likeness (QED) is 0.705. The van der Waals surface area contributed by atoms with E-state index in [4.69, 9.17) is 10.8 Å². The first-order valence-corrected chi connectivity index (χ1v) is 6.17. The molecule has 0 bridgehead atoms. The van der Waals surface area contributed by atoms with E-state index in [-0.39, 0.29) is 17.9 Å². The summed E-state index contributed by atoms with van der Waals surface area (Å²) in [5.41, 5.74) is 5.80. The van der Waals surface area contributed by atoms with Gasteiger partial charge in [0, 0.05) is 6.04 Å². The van der Waals surface area contributed by atoms with Crippen LogP contribution in [0.1, 0.15) is 53.9 Å². The van der Waals surface area contributed by atoms with Crippen LogP contribution in [0.3, 0.4) is 0 Å². The second-order valence-corrected chi connectivity index (χ2v) is 5.92. The Hall–Kier alpha value is -0.570. The van der Waals surface area contributed by atoms with E-state index in [1.165, 1.54) is 0 Å². The molecule has 3 nitrogen and oxygen atoms in total. The lowest BCUT2D eigenvalue weighted by molar-refractivity contribution is -0.140. The van der Waals surface area contributed by atoms with Gasteiger partial charge in [-0.2, -0.15) is 0 Å². The maximum atomic E-state index is 11.0. The lowest BCUT2D eigenvalue weighted by Gasteiger charge is -2.39. The van der Waals surface area contributed by atoms with E-state index in [1.54, 1.807) is 0 Å². The van der Waals surface area contributed by atoms with Crippen LogP contribution in [0, 0.1) is 17.3 Å². The fourth-order valence-electron chi connectivity index (χ4n) is 2.69. The number of hydrogen-bond donors (Lipinski definition) is 2. The molecule has 0 fully saturated rings. The van der Waals surface area contributed by atoms with Gasteiger partial charge in [-0.3, -0.25) is 4.79 Å². The van der Waals surface area contributed by atoms with Crippen LogP contribution >= 0.6 is 0 Å². The van der Waals surface area contributed by atoms with Gasteiger partial charge in [0.05, 0.1) is 6.42 Å². The van der Waals surface area contributed by atoms with Gasteiger partial charge in [-0.15, -0.1) is 0 Å². The predicted molar refractivity (Wildman–Crippen MR) is 67.2 cm³/mol. The minimum atomic E-state index is -0.737. The van der Waals surface area contributed by atoms with E-state index in [1.807, 2.05) is 6.92 Å². The van der Waals surface area contributed by atoms with Crippen LogP contribution in [-0.4, -0.2) is 17.1 Å². The molecule has 0 heterocycles. The Morgan fingerprint density at radius 2 is 1.50 bits per heavy atom. The Labute approximate surface area is 99.4 Å². The van der Waals surface area contributed by atoms with Crippen LogP contribution in [0.4, 0.5) is 0 Å². The highest BCUT2D eigenvalue weighted by atomic mass is 16.4. The first-order chi connectivity index (χ1) is 7.19. The Balaban J connectivity index is 4.95. The molecule has 0 saturated carbocycles. The number of hydrogen-bond acceptors (Lipinski definition) is 2. The summed E-state index contributed by atoms with van der Waals surface area (Å²) in [6, 6.07) is -0.0756. The normalized spacial score (nSPS) is 14.5. The summed E-state index contributed by atoms with van der Waals surface area (Å²) >= 11 is 0. The Kier molecular flexibility index (Phi) is 6.01. The maximum Gasteiger partial charge on any atom is 0.303 e. The number of carbonyl (C=O) groups is 1. The summed E-state index contributed by atoms with van der Waals surface area (Å²) in [6.45, 7) is 10.4. The van der Waals surface area contributed by atoms with E-state index in [9.17, 15) is 4.79 Å². The molecule has 0 amide bonds.